The van der Waals surface area contributed by atoms with Crippen LogP contribution in [0, 0.1) is 0 Å². The molecule has 0 aliphatic heterocycles. The number of methoxy groups -OCH3 is 1. The second-order valence-corrected chi connectivity index (χ2v) is 5.49. The van der Waals surface area contributed by atoms with E-state index in [4.69, 9.17) is 4.74 Å². The molecular formula is C18H18N4O3. The van der Waals surface area contributed by atoms with Gasteiger partial charge in [-0.3, -0.25) is 9.59 Å². The fraction of sp³-hybridized carbons (Fsp3) is 0.167. The van der Waals surface area contributed by atoms with E-state index in [0.717, 1.165) is 5.56 Å². The van der Waals surface area contributed by atoms with Crippen LogP contribution in [0.15, 0.2) is 59.8 Å². The molecule has 1 atom stereocenters. The Bertz CT molecular complexity index is 925. The van der Waals surface area contributed by atoms with Crippen LogP contribution in [-0.4, -0.2) is 27.6 Å². The summed E-state index contributed by atoms with van der Waals surface area (Å²) >= 11 is 0. The van der Waals surface area contributed by atoms with E-state index in [1.807, 2.05) is 42.1 Å². The number of amides is 1. The molecule has 2 N–H and O–H groups in total. The third-order valence-electron chi connectivity index (χ3n) is 3.89. The van der Waals surface area contributed by atoms with Gasteiger partial charge in [0.1, 0.15) is 17.6 Å². The second kappa shape index (κ2) is 7.04. The standard InChI is InChI=1S/C18H18N4O3/c1-22-10-9-19-17(22)16(13-5-3-4-6-14(13)25-2)21-18(24)12-7-8-15(23)20-11-12/h3-11,16H,1-2H3,(H,20,23)(H,21,24). The molecule has 7 nitrogen and oxygen atoms in total. The van der Waals surface area contributed by atoms with Gasteiger partial charge in [-0.2, -0.15) is 0 Å². The Kier molecular flexibility index (Phi) is 4.65. The molecular weight excluding hydrogens is 320 g/mol. The summed E-state index contributed by atoms with van der Waals surface area (Å²) in [6, 6.07) is 9.74. The number of carbonyl (C=O) groups is 1. The van der Waals surface area contributed by atoms with Crippen molar-refractivity contribution in [2.45, 2.75) is 6.04 Å². The second-order valence-electron chi connectivity index (χ2n) is 5.49. The van der Waals surface area contributed by atoms with E-state index in [0.29, 0.717) is 17.1 Å². The zero-order valence-corrected chi connectivity index (χ0v) is 13.9. The highest BCUT2D eigenvalue weighted by Crippen LogP contribution is 2.29. The van der Waals surface area contributed by atoms with E-state index in [9.17, 15) is 9.59 Å². The van der Waals surface area contributed by atoms with Gasteiger partial charge in [0.15, 0.2) is 0 Å². The maximum atomic E-state index is 12.6. The predicted octanol–water partition coefficient (Wildman–Crippen LogP) is 1.64. The SMILES string of the molecule is COc1ccccc1C(NC(=O)c1ccc(=O)[nH]c1)c1nccn1C. The van der Waals surface area contributed by atoms with Gasteiger partial charge in [-0.1, -0.05) is 18.2 Å². The minimum absolute atomic E-state index is 0.262. The number of carbonyl (C=O) groups excluding carboxylic acids is 1. The molecule has 1 unspecified atom stereocenters. The number of nitrogens with zero attached hydrogens (tertiary/aromatic N) is 2. The fourth-order valence-electron chi connectivity index (χ4n) is 2.61. The minimum Gasteiger partial charge on any atom is -0.496 e. The molecule has 0 fully saturated rings. The molecule has 128 valence electrons. The smallest absolute Gasteiger partial charge is 0.253 e. The van der Waals surface area contributed by atoms with Crippen LogP contribution in [0.25, 0.3) is 0 Å². The van der Waals surface area contributed by atoms with Crippen molar-refractivity contribution in [3.8, 4) is 5.75 Å². The number of aromatic nitrogens is 3. The lowest BCUT2D eigenvalue weighted by atomic mass is 10.0. The zero-order valence-electron chi connectivity index (χ0n) is 13.9. The third kappa shape index (κ3) is 3.45. The Morgan fingerprint density at radius 3 is 2.72 bits per heavy atom. The minimum atomic E-state index is -0.504. The average Bonchev–Trinajstić information content (AvgIpc) is 3.06. The molecule has 2 heterocycles. The quantitative estimate of drug-likeness (QED) is 0.740. The largest absolute Gasteiger partial charge is 0.496 e. The van der Waals surface area contributed by atoms with E-state index < -0.39 is 6.04 Å². The van der Waals surface area contributed by atoms with E-state index >= 15 is 0 Å². The molecule has 0 saturated heterocycles. The van der Waals surface area contributed by atoms with Crippen molar-refractivity contribution in [2.75, 3.05) is 7.11 Å². The molecule has 0 bridgehead atoms. The van der Waals surface area contributed by atoms with Crippen LogP contribution in [0.3, 0.4) is 0 Å². The molecule has 0 aliphatic rings. The van der Waals surface area contributed by atoms with Crippen molar-refractivity contribution in [3.63, 3.8) is 0 Å². The third-order valence-corrected chi connectivity index (χ3v) is 3.89. The number of ether oxygens (including phenoxy) is 1. The number of aryl methyl sites for hydroxylation is 1. The summed E-state index contributed by atoms with van der Waals surface area (Å²) in [4.78, 5) is 30.7. The van der Waals surface area contributed by atoms with Crippen molar-refractivity contribution in [2.24, 2.45) is 7.05 Å². The number of hydrogen-bond donors (Lipinski definition) is 2. The van der Waals surface area contributed by atoms with Crippen LogP contribution < -0.4 is 15.6 Å². The Morgan fingerprint density at radius 2 is 2.08 bits per heavy atom. The summed E-state index contributed by atoms with van der Waals surface area (Å²) in [5.74, 6) is 0.995. The Hall–Kier alpha value is -3.35. The van der Waals surface area contributed by atoms with E-state index in [-0.39, 0.29) is 11.5 Å². The van der Waals surface area contributed by atoms with Crippen LogP contribution in [0.2, 0.25) is 0 Å². The first kappa shape index (κ1) is 16.5. The summed E-state index contributed by atoms with van der Waals surface area (Å²) in [6.45, 7) is 0. The number of rotatable bonds is 5. The zero-order chi connectivity index (χ0) is 17.8. The Morgan fingerprint density at radius 1 is 1.28 bits per heavy atom. The van der Waals surface area contributed by atoms with Crippen LogP contribution >= 0.6 is 0 Å². The van der Waals surface area contributed by atoms with Crippen LogP contribution in [0.1, 0.15) is 27.8 Å². The van der Waals surface area contributed by atoms with Crippen LogP contribution in [0.4, 0.5) is 0 Å². The maximum absolute atomic E-state index is 12.6. The van der Waals surface area contributed by atoms with Crippen molar-refractivity contribution in [1.82, 2.24) is 19.9 Å². The molecule has 1 amide bonds. The van der Waals surface area contributed by atoms with E-state index in [2.05, 4.69) is 15.3 Å². The molecule has 1 aromatic carbocycles. The first-order chi connectivity index (χ1) is 12.1. The highest BCUT2D eigenvalue weighted by Gasteiger charge is 2.24. The maximum Gasteiger partial charge on any atom is 0.253 e. The van der Waals surface area contributed by atoms with Gasteiger partial charge >= 0.3 is 0 Å². The van der Waals surface area contributed by atoms with E-state index in [1.165, 1.54) is 18.3 Å². The number of para-hydroxylation sites is 1. The molecule has 0 spiro atoms. The first-order valence-corrected chi connectivity index (χ1v) is 7.70. The number of benzene rings is 1. The van der Waals surface area contributed by atoms with Crippen LogP contribution in [-0.2, 0) is 7.05 Å². The van der Waals surface area contributed by atoms with Gasteiger partial charge in [0, 0.05) is 37.3 Å². The molecule has 3 aromatic rings. The summed E-state index contributed by atoms with van der Waals surface area (Å²) in [7, 11) is 3.44. The Labute approximate surface area is 144 Å². The highest BCUT2D eigenvalue weighted by atomic mass is 16.5. The number of pyridine rings is 1. The number of imidazole rings is 1. The van der Waals surface area contributed by atoms with Crippen molar-refractivity contribution in [3.05, 3.63) is 82.3 Å². The van der Waals surface area contributed by atoms with E-state index in [1.54, 1.807) is 13.3 Å². The molecule has 25 heavy (non-hydrogen) atoms. The van der Waals surface area contributed by atoms with Crippen LogP contribution in [0.5, 0.6) is 5.75 Å². The van der Waals surface area contributed by atoms with Crippen molar-refractivity contribution in [1.29, 1.82) is 0 Å². The summed E-state index contributed by atoms with van der Waals surface area (Å²) < 4.78 is 7.27. The number of nitrogens with one attached hydrogen (secondary N) is 2. The predicted molar refractivity (Wildman–Crippen MR) is 92.6 cm³/mol. The van der Waals surface area contributed by atoms with Gasteiger partial charge in [0.2, 0.25) is 5.56 Å². The van der Waals surface area contributed by atoms with Gasteiger partial charge in [0.05, 0.1) is 12.7 Å². The Balaban J connectivity index is 2.00. The normalized spacial score (nSPS) is 11.8. The summed E-state index contributed by atoms with van der Waals surface area (Å²) in [5.41, 5.74) is 0.882. The molecule has 0 aliphatic carbocycles. The summed E-state index contributed by atoms with van der Waals surface area (Å²) in [5, 5.41) is 2.96. The van der Waals surface area contributed by atoms with Gasteiger partial charge in [-0.15, -0.1) is 0 Å². The topological polar surface area (TPSA) is 89.0 Å². The monoisotopic (exact) mass is 338 g/mol. The molecule has 2 aromatic heterocycles. The van der Waals surface area contributed by atoms with Gasteiger partial charge in [-0.25, -0.2) is 4.98 Å². The lowest BCUT2D eigenvalue weighted by molar-refractivity contribution is 0.0940. The van der Waals surface area contributed by atoms with Gasteiger partial charge < -0.3 is 19.6 Å². The number of hydrogen-bond acceptors (Lipinski definition) is 4. The highest BCUT2D eigenvalue weighted by molar-refractivity contribution is 5.94. The lowest BCUT2D eigenvalue weighted by Crippen LogP contribution is -2.31. The van der Waals surface area contributed by atoms with Gasteiger partial charge in [-0.05, 0) is 12.1 Å². The number of H-pyrrole nitrogens is 1. The van der Waals surface area contributed by atoms with Crippen molar-refractivity contribution < 1.29 is 9.53 Å². The molecule has 3 rings (SSSR count). The lowest BCUT2D eigenvalue weighted by Gasteiger charge is -2.21. The molecule has 0 radical (unpaired) electrons. The summed E-state index contributed by atoms with van der Waals surface area (Å²) in [6.07, 6.45) is 4.86. The number of aromatic amines is 1. The van der Waals surface area contributed by atoms with Crippen molar-refractivity contribution >= 4 is 5.91 Å². The first-order valence-electron chi connectivity index (χ1n) is 7.70. The fourth-order valence-corrected chi connectivity index (χ4v) is 2.61. The molecule has 7 heteroatoms. The average molecular weight is 338 g/mol. The van der Waals surface area contributed by atoms with Gasteiger partial charge in [0.25, 0.3) is 5.91 Å². The molecule has 0 saturated carbocycles.